The molecule has 30 heavy (non-hydrogen) atoms. The minimum absolute atomic E-state index is 0.0421. The van der Waals surface area contributed by atoms with Gasteiger partial charge in [-0.15, -0.1) is 11.3 Å². The van der Waals surface area contributed by atoms with E-state index < -0.39 is 0 Å². The van der Waals surface area contributed by atoms with Crippen molar-refractivity contribution < 1.29 is 9.59 Å². The van der Waals surface area contributed by atoms with E-state index in [-0.39, 0.29) is 30.2 Å². The number of nitrogens with one attached hydrogen (secondary N) is 1. The molecule has 0 aliphatic carbocycles. The first-order valence-corrected chi connectivity index (χ1v) is 11.1. The van der Waals surface area contributed by atoms with Crippen LogP contribution in [0, 0.1) is 5.92 Å². The lowest BCUT2D eigenvalue weighted by Gasteiger charge is -2.20. The number of benzene rings is 2. The molecular formula is C23H22ClN3O2S. The van der Waals surface area contributed by atoms with Crippen LogP contribution in [-0.2, 0) is 9.59 Å². The summed E-state index contributed by atoms with van der Waals surface area (Å²) in [6, 6.07) is 15.4. The Balaban J connectivity index is 1.42. The molecule has 1 atom stereocenters. The third-order valence-corrected chi connectivity index (χ3v) is 6.34. The Kier molecular flexibility index (Phi) is 5.88. The molecule has 2 amide bonds. The van der Waals surface area contributed by atoms with Crippen LogP contribution < -0.4 is 5.32 Å². The van der Waals surface area contributed by atoms with Gasteiger partial charge in [-0.2, -0.15) is 0 Å². The molecule has 1 aliphatic rings. The third-order valence-electron chi connectivity index (χ3n) is 5.20. The summed E-state index contributed by atoms with van der Waals surface area (Å²) < 4.78 is 0. The lowest BCUT2D eigenvalue weighted by Crippen LogP contribution is -2.33. The van der Waals surface area contributed by atoms with E-state index in [0.29, 0.717) is 17.3 Å². The normalized spacial score (nSPS) is 16.3. The summed E-state index contributed by atoms with van der Waals surface area (Å²) >= 11 is 7.53. The molecule has 1 saturated heterocycles. The molecule has 0 saturated carbocycles. The van der Waals surface area contributed by atoms with Gasteiger partial charge in [0.15, 0.2) is 0 Å². The zero-order valence-corrected chi connectivity index (χ0v) is 18.3. The number of nitrogens with zero attached hydrogens (tertiary/aromatic N) is 2. The average Bonchev–Trinajstić information content (AvgIpc) is 3.36. The highest BCUT2D eigenvalue weighted by atomic mass is 35.5. The molecule has 0 spiro atoms. The topological polar surface area (TPSA) is 62.3 Å². The second-order valence-electron chi connectivity index (χ2n) is 7.65. The average molecular weight is 440 g/mol. The maximum atomic E-state index is 12.6. The largest absolute Gasteiger partial charge is 0.339 e. The van der Waals surface area contributed by atoms with Gasteiger partial charge >= 0.3 is 0 Å². The van der Waals surface area contributed by atoms with Crippen molar-refractivity contribution in [3.05, 3.63) is 58.9 Å². The summed E-state index contributed by atoms with van der Waals surface area (Å²) in [4.78, 5) is 31.1. The van der Waals surface area contributed by atoms with Crippen LogP contribution in [0.4, 0.5) is 5.69 Å². The highest BCUT2D eigenvalue weighted by Crippen LogP contribution is 2.30. The van der Waals surface area contributed by atoms with Crippen LogP contribution in [-0.4, -0.2) is 34.3 Å². The standard InChI is InChI=1S/C23H22ClN3O2S/c1-14(2)27-12-17(11-21(27)28)22(29)25-19-9-5-15(6-10-19)20-13-30-23(26-20)16-3-7-18(24)8-4-16/h3-10,13-14,17H,11-12H2,1-2H3,(H,25,29). The zero-order chi connectivity index (χ0) is 21.3. The highest BCUT2D eigenvalue weighted by Gasteiger charge is 2.35. The Morgan fingerprint density at radius 1 is 1.13 bits per heavy atom. The number of carbonyl (C=O) groups is 2. The quantitative estimate of drug-likeness (QED) is 0.584. The number of rotatable bonds is 5. The van der Waals surface area contributed by atoms with E-state index in [1.54, 1.807) is 16.2 Å². The van der Waals surface area contributed by atoms with Gasteiger partial charge < -0.3 is 10.2 Å². The van der Waals surface area contributed by atoms with Gasteiger partial charge in [-0.05, 0) is 38.1 Å². The van der Waals surface area contributed by atoms with Crippen LogP contribution in [0.25, 0.3) is 21.8 Å². The van der Waals surface area contributed by atoms with E-state index in [4.69, 9.17) is 16.6 Å². The summed E-state index contributed by atoms with van der Waals surface area (Å²) in [6.07, 6.45) is 0.272. The number of likely N-dealkylation sites (tertiary alicyclic amines) is 1. The van der Waals surface area contributed by atoms with E-state index in [2.05, 4.69) is 5.32 Å². The summed E-state index contributed by atoms with van der Waals surface area (Å²) in [7, 11) is 0. The van der Waals surface area contributed by atoms with E-state index >= 15 is 0 Å². The molecule has 2 heterocycles. The van der Waals surface area contributed by atoms with Crippen LogP contribution in [0.5, 0.6) is 0 Å². The Hall–Kier alpha value is -2.70. The van der Waals surface area contributed by atoms with Crippen LogP contribution >= 0.6 is 22.9 Å². The van der Waals surface area contributed by atoms with Gasteiger partial charge in [0.25, 0.3) is 0 Å². The van der Waals surface area contributed by atoms with E-state index in [1.807, 2.05) is 67.8 Å². The summed E-state index contributed by atoms with van der Waals surface area (Å²) in [5.41, 5.74) is 3.61. The third kappa shape index (κ3) is 4.40. The smallest absolute Gasteiger partial charge is 0.229 e. The monoisotopic (exact) mass is 439 g/mol. The van der Waals surface area contributed by atoms with Gasteiger partial charge in [0.1, 0.15) is 5.01 Å². The SMILES string of the molecule is CC(C)N1CC(C(=O)Nc2ccc(-c3csc(-c4ccc(Cl)cc4)n3)cc2)CC1=O. The first-order valence-electron chi connectivity index (χ1n) is 9.83. The van der Waals surface area contributed by atoms with Crippen molar-refractivity contribution in [2.45, 2.75) is 26.3 Å². The van der Waals surface area contributed by atoms with Crippen molar-refractivity contribution in [2.24, 2.45) is 5.92 Å². The Bertz CT molecular complexity index is 1060. The number of carbonyl (C=O) groups excluding carboxylic acids is 2. The number of aromatic nitrogens is 1. The minimum Gasteiger partial charge on any atom is -0.339 e. The lowest BCUT2D eigenvalue weighted by molar-refractivity contribution is -0.129. The molecule has 0 radical (unpaired) electrons. The molecule has 1 unspecified atom stereocenters. The fourth-order valence-electron chi connectivity index (χ4n) is 3.51. The van der Waals surface area contributed by atoms with Crippen molar-refractivity contribution in [3.63, 3.8) is 0 Å². The van der Waals surface area contributed by atoms with Crippen molar-refractivity contribution in [2.75, 3.05) is 11.9 Å². The van der Waals surface area contributed by atoms with Crippen LogP contribution in [0.1, 0.15) is 20.3 Å². The number of hydrogen-bond donors (Lipinski definition) is 1. The molecule has 0 bridgehead atoms. The van der Waals surface area contributed by atoms with E-state index in [0.717, 1.165) is 21.8 Å². The summed E-state index contributed by atoms with van der Waals surface area (Å²) in [6.45, 7) is 4.41. The molecule has 2 aromatic carbocycles. The van der Waals surface area contributed by atoms with Crippen LogP contribution in [0.2, 0.25) is 5.02 Å². The fraction of sp³-hybridized carbons (Fsp3) is 0.261. The second-order valence-corrected chi connectivity index (χ2v) is 8.95. The van der Waals surface area contributed by atoms with Gasteiger partial charge in [-0.1, -0.05) is 35.9 Å². The zero-order valence-electron chi connectivity index (χ0n) is 16.8. The predicted molar refractivity (Wildman–Crippen MR) is 122 cm³/mol. The van der Waals surface area contributed by atoms with Crippen molar-refractivity contribution in [3.8, 4) is 21.8 Å². The van der Waals surface area contributed by atoms with Gasteiger partial charge in [-0.25, -0.2) is 4.98 Å². The van der Waals surface area contributed by atoms with E-state index in [9.17, 15) is 9.59 Å². The van der Waals surface area contributed by atoms with Crippen LogP contribution in [0.15, 0.2) is 53.9 Å². The number of halogens is 1. The molecular weight excluding hydrogens is 418 g/mol. The molecule has 1 aromatic heterocycles. The van der Waals surface area contributed by atoms with Crippen molar-refractivity contribution in [1.82, 2.24) is 9.88 Å². The molecule has 1 fully saturated rings. The molecule has 5 nitrogen and oxygen atoms in total. The molecule has 3 aromatic rings. The maximum Gasteiger partial charge on any atom is 0.229 e. The first-order chi connectivity index (χ1) is 14.4. The molecule has 7 heteroatoms. The second kappa shape index (κ2) is 8.58. The Morgan fingerprint density at radius 2 is 1.80 bits per heavy atom. The lowest BCUT2D eigenvalue weighted by atomic mass is 10.1. The molecule has 154 valence electrons. The predicted octanol–water partition coefficient (Wildman–Crippen LogP) is 5.33. The van der Waals surface area contributed by atoms with Crippen molar-refractivity contribution >= 4 is 40.4 Å². The Morgan fingerprint density at radius 3 is 2.43 bits per heavy atom. The fourth-order valence-corrected chi connectivity index (χ4v) is 4.47. The first kappa shape index (κ1) is 20.6. The molecule has 1 aliphatic heterocycles. The number of hydrogen-bond acceptors (Lipinski definition) is 4. The number of amides is 2. The maximum absolute atomic E-state index is 12.6. The molecule has 4 rings (SSSR count). The number of anilines is 1. The van der Waals surface area contributed by atoms with Gasteiger partial charge in [0, 0.05) is 46.2 Å². The van der Waals surface area contributed by atoms with Gasteiger partial charge in [0.2, 0.25) is 11.8 Å². The van der Waals surface area contributed by atoms with Crippen molar-refractivity contribution in [1.29, 1.82) is 0 Å². The highest BCUT2D eigenvalue weighted by molar-refractivity contribution is 7.13. The van der Waals surface area contributed by atoms with E-state index in [1.165, 1.54) is 0 Å². The van der Waals surface area contributed by atoms with Gasteiger partial charge in [-0.3, -0.25) is 9.59 Å². The minimum atomic E-state index is -0.306. The number of thiazole rings is 1. The van der Waals surface area contributed by atoms with Gasteiger partial charge in [0.05, 0.1) is 11.6 Å². The summed E-state index contributed by atoms with van der Waals surface area (Å²) in [5.74, 6) is -0.376. The Labute approximate surface area is 184 Å². The molecule has 1 N–H and O–H groups in total. The summed E-state index contributed by atoms with van der Waals surface area (Å²) in [5, 5.41) is 6.58. The van der Waals surface area contributed by atoms with Crippen LogP contribution in [0.3, 0.4) is 0 Å².